The van der Waals surface area contributed by atoms with E-state index in [2.05, 4.69) is 31.0 Å². The van der Waals surface area contributed by atoms with Crippen LogP contribution in [0.15, 0.2) is 0 Å². The molecule has 0 aromatic rings. The predicted octanol–water partition coefficient (Wildman–Crippen LogP) is 2.99. The smallest absolute Gasteiger partial charge is 0.00194 e. The highest BCUT2D eigenvalue weighted by molar-refractivity contribution is 4.78. The summed E-state index contributed by atoms with van der Waals surface area (Å²) in [6.07, 6.45) is 5.87. The fourth-order valence-electron chi connectivity index (χ4n) is 3.90. The minimum Gasteiger partial charge on any atom is -0.316 e. The van der Waals surface area contributed by atoms with Crippen LogP contribution in [-0.2, 0) is 0 Å². The number of nitrogens with one attached hydrogen (secondary N) is 1. The Hall–Kier alpha value is -0.0800. The van der Waals surface area contributed by atoms with Gasteiger partial charge in [0.05, 0.1) is 0 Å². The first-order chi connectivity index (χ1) is 8.63. The van der Waals surface area contributed by atoms with Crippen molar-refractivity contribution in [3.63, 3.8) is 0 Å². The lowest BCUT2D eigenvalue weighted by Gasteiger charge is -2.36. The van der Waals surface area contributed by atoms with Gasteiger partial charge in [-0.3, -0.25) is 0 Å². The molecule has 1 saturated heterocycles. The summed E-state index contributed by atoms with van der Waals surface area (Å²) in [4.78, 5) is 2.76. The highest BCUT2D eigenvalue weighted by Crippen LogP contribution is 2.29. The molecular weight excluding hydrogens is 220 g/mol. The summed E-state index contributed by atoms with van der Waals surface area (Å²) < 4.78 is 0. The maximum absolute atomic E-state index is 3.59. The summed E-state index contributed by atoms with van der Waals surface area (Å²) in [7, 11) is 0. The zero-order chi connectivity index (χ0) is 13.0. The Morgan fingerprint density at radius 2 is 1.61 bits per heavy atom. The molecule has 0 spiro atoms. The lowest BCUT2D eigenvalue weighted by molar-refractivity contribution is 0.136. The predicted molar refractivity (Wildman–Crippen MR) is 78.8 cm³/mol. The quantitative estimate of drug-likeness (QED) is 0.813. The fourth-order valence-corrected chi connectivity index (χ4v) is 3.90. The van der Waals surface area contributed by atoms with Crippen molar-refractivity contribution in [3.05, 3.63) is 0 Å². The number of rotatable bonds is 2. The third-order valence-corrected chi connectivity index (χ3v) is 4.69. The third kappa shape index (κ3) is 4.55. The van der Waals surface area contributed by atoms with Crippen LogP contribution in [0.25, 0.3) is 0 Å². The van der Waals surface area contributed by atoms with Crippen molar-refractivity contribution < 1.29 is 0 Å². The molecule has 1 aliphatic heterocycles. The van der Waals surface area contributed by atoms with E-state index in [0.717, 1.165) is 23.7 Å². The van der Waals surface area contributed by atoms with Crippen LogP contribution >= 0.6 is 0 Å². The van der Waals surface area contributed by atoms with Gasteiger partial charge in [0.1, 0.15) is 0 Å². The van der Waals surface area contributed by atoms with Gasteiger partial charge in [-0.05, 0) is 49.6 Å². The van der Waals surface area contributed by atoms with Gasteiger partial charge in [-0.15, -0.1) is 0 Å². The van der Waals surface area contributed by atoms with E-state index in [1.807, 2.05) is 0 Å². The Kier molecular flexibility index (Phi) is 5.50. The third-order valence-electron chi connectivity index (χ3n) is 4.69. The SMILES string of the molecule is CC1CCCC(CN2CC(C)CNCC(C)C2)C1. The van der Waals surface area contributed by atoms with E-state index >= 15 is 0 Å². The van der Waals surface area contributed by atoms with E-state index in [0.29, 0.717) is 0 Å². The molecule has 106 valence electrons. The Morgan fingerprint density at radius 3 is 2.22 bits per heavy atom. The summed E-state index contributed by atoms with van der Waals surface area (Å²) in [5.74, 6) is 3.55. The van der Waals surface area contributed by atoms with Crippen molar-refractivity contribution in [2.24, 2.45) is 23.7 Å². The van der Waals surface area contributed by atoms with E-state index in [1.165, 1.54) is 58.4 Å². The first-order valence-corrected chi connectivity index (χ1v) is 8.06. The van der Waals surface area contributed by atoms with Gasteiger partial charge in [-0.25, -0.2) is 0 Å². The van der Waals surface area contributed by atoms with Crippen LogP contribution < -0.4 is 5.32 Å². The zero-order valence-electron chi connectivity index (χ0n) is 12.6. The summed E-state index contributed by atoms with van der Waals surface area (Å²) in [6, 6.07) is 0. The van der Waals surface area contributed by atoms with Gasteiger partial charge < -0.3 is 10.2 Å². The van der Waals surface area contributed by atoms with Gasteiger partial charge in [0.25, 0.3) is 0 Å². The summed E-state index contributed by atoms with van der Waals surface area (Å²) in [5, 5.41) is 3.59. The van der Waals surface area contributed by atoms with Crippen LogP contribution in [0.4, 0.5) is 0 Å². The first kappa shape index (κ1) is 14.3. The first-order valence-electron chi connectivity index (χ1n) is 8.06. The molecule has 1 aliphatic carbocycles. The van der Waals surface area contributed by atoms with Crippen molar-refractivity contribution in [1.29, 1.82) is 0 Å². The molecule has 18 heavy (non-hydrogen) atoms. The average Bonchev–Trinajstić information content (AvgIpc) is 2.26. The number of nitrogens with zero attached hydrogens (tertiary/aromatic N) is 1. The van der Waals surface area contributed by atoms with Gasteiger partial charge in [-0.2, -0.15) is 0 Å². The zero-order valence-corrected chi connectivity index (χ0v) is 12.6. The van der Waals surface area contributed by atoms with Crippen molar-refractivity contribution in [2.45, 2.75) is 46.5 Å². The van der Waals surface area contributed by atoms with E-state index in [4.69, 9.17) is 0 Å². The minimum atomic E-state index is 0.804. The second-order valence-corrected chi connectivity index (χ2v) is 7.22. The second kappa shape index (κ2) is 6.91. The molecule has 2 nitrogen and oxygen atoms in total. The van der Waals surface area contributed by atoms with Crippen LogP contribution in [0, 0.1) is 23.7 Å². The molecule has 0 aromatic carbocycles. The fraction of sp³-hybridized carbons (Fsp3) is 1.00. The van der Waals surface area contributed by atoms with Crippen molar-refractivity contribution >= 4 is 0 Å². The minimum absolute atomic E-state index is 0.804. The van der Waals surface area contributed by atoms with Crippen LogP contribution in [0.1, 0.15) is 46.5 Å². The molecule has 1 heterocycles. The van der Waals surface area contributed by atoms with Gasteiger partial charge >= 0.3 is 0 Å². The molecule has 2 rings (SSSR count). The number of hydrogen-bond acceptors (Lipinski definition) is 2. The molecule has 1 N–H and O–H groups in total. The molecule has 4 atom stereocenters. The Morgan fingerprint density at radius 1 is 0.944 bits per heavy atom. The lowest BCUT2D eigenvalue weighted by Crippen LogP contribution is -2.44. The lowest BCUT2D eigenvalue weighted by atomic mass is 9.82. The van der Waals surface area contributed by atoms with E-state index in [1.54, 1.807) is 0 Å². The topological polar surface area (TPSA) is 15.3 Å². The summed E-state index contributed by atoms with van der Waals surface area (Å²) in [6.45, 7) is 13.6. The van der Waals surface area contributed by atoms with Crippen LogP contribution in [0.5, 0.6) is 0 Å². The second-order valence-electron chi connectivity index (χ2n) is 7.22. The van der Waals surface area contributed by atoms with Crippen molar-refractivity contribution in [2.75, 3.05) is 32.7 Å². The largest absolute Gasteiger partial charge is 0.316 e. The molecule has 2 aliphatic rings. The highest BCUT2D eigenvalue weighted by Gasteiger charge is 2.23. The van der Waals surface area contributed by atoms with Crippen molar-refractivity contribution in [3.8, 4) is 0 Å². The monoisotopic (exact) mass is 252 g/mol. The van der Waals surface area contributed by atoms with Crippen molar-refractivity contribution in [1.82, 2.24) is 10.2 Å². The van der Waals surface area contributed by atoms with E-state index in [-0.39, 0.29) is 0 Å². The molecule has 0 aromatic heterocycles. The molecule has 2 heteroatoms. The summed E-state index contributed by atoms with van der Waals surface area (Å²) >= 11 is 0. The molecule has 0 amide bonds. The molecule has 1 saturated carbocycles. The van der Waals surface area contributed by atoms with E-state index < -0.39 is 0 Å². The summed E-state index contributed by atoms with van der Waals surface area (Å²) in [5.41, 5.74) is 0. The molecule has 2 fully saturated rings. The van der Waals surface area contributed by atoms with Gasteiger partial charge in [0, 0.05) is 19.6 Å². The van der Waals surface area contributed by atoms with Gasteiger partial charge in [-0.1, -0.05) is 33.6 Å². The maximum Gasteiger partial charge on any atom is 0.00194 e. The normalized spacial score (nSPS) is 40.2. The number of hydrogen-bond donors (Lipinski definition) is 1. The molecule has 0 radical (unpaired) electrons. The van der Waals surface area contributed by atoms with Crippen LogP contribution in [0.3, 0.4) is 0 Å². The van der Waals surface area contributed by atoms with Crippen LogP contribution in [-0.4, -0.2) is 37.6 Å². The standard InChI is InChI=1S/C16H32N2/c1-13-5-4-6-16(7-13)12-18-10-14(2)8-17-9-15(3)11-18/h13-17H,4-12H2,1-3H3. The Labute approximate surface area is 114 Å². The Balaban J connectivity index is 1.84. The van der Waals surface area contributed by atoms with E-state index in [9.17, 15) is 0 Å². The van der Waals surface area contributed by atoms with Gasteiger partial charge in [0.15, 0.2) is 0 Å². The molecule has 4 unspecified atom stereocenters. The van der Waals surface area contributed by atoms with Gasteiger partial charge in [0.2, 0.25) is 0 Å². The molecule has 0 bridgehead atoms. The highest BCUT2D eigenvalue weighted by atomic mass is 15.1. The Bertz CT molecular complexity index is 229. The van der Waals surface area contributed by atoms with Crippen LogP contribution in [0.2, 0.25) is 0 Å². The average molecular weight is 252 g/mol. The maximum atomic E-state index is 3.59. The molecular formula is C16H32N2.